The van der Waals surface area contributed by atoms with Crippen molar-refractivity contribution in [2.24, 2.45) is 0 Å². The van der Waals surface area contributed by atoms with E-state index in [4.69, 9.17) is 16.1 Å². The highest BCUT2D eigenvalue weighted by Gasteiger charge is 2.24. The molecular weight excluding hydrogens is 282 g/mol. The minimum atomic E-state index is -0.610. The van der Waals surface area contributed by atoms with E-state index in [9.17, 15) is 9.59 Å². The van der Waals surface area contributed by atoms with E-state index in [0.29, 0.717) is 22.0 Å². The van der Waals surface area contributed by atoms with Crippen LogP contribution < -0.4 is 0 Å². The van der Waals surface area contributed by atoms with Crippen LogP contribution in [-0.4, -0.2) is 24.0 Å². The molecule has 5 nitrogen and oxygen atoms in total. The molecule has 0 aliphatic heterocycles. The Morgan fingerprint density at radius 3 is 2.70 bits per heavy atom. The predicted molar refractivity (Wildman–Crippen MR) is 72.6 cm³/mol. The van der Waals surface area contributed by atoms with Crippen LogP contribution in [0.2, 0.25) is 5.02 Å². The monoisotopic (exact) mass is 293 g/mol. The second-order valence-electron chi connectivity index (χ2n) is 4.12. The molecule has 1 aromatic heterocycles. The summed E-state index contributed by atoms with van der Waals surface area (Å²) >= 11 is 6.09. The number of esters is 1. The summed E-state index contributed by atoms with van der Waals surface area (Å²) in [6, 6.07) is 6.97. The van der Waals surface area contributed by atoms with Gasteiger partial charge in [-0.3, -0.25) is 9.59 Å². The molecule has 0 bridgehead atoms. The number of benzene rings is 1. The van der Waals surface area contributed by atoms with E-state index in [-0.39, 0.29) is 12.0 Å². The van der Waals surface area contributed by atoms with Crippen molar-refractivity contribution < 1.29 is 18.8 Å². The smallest absolute Gasteiger partial charge is 0.313 e. The molecule has 0 atom stereocenters. The minimum absolute atomic E-state index is 0.253. The normalized spacial score (nSPS) is 10.3. The highest BCUT2D eigenvalue weighted by atomic mass is 35.5. The first kappa shape index (κ1) is 14.3. The maximum absolute atomic E-state index is 12.2. The number of aryl methyl sites for hydroxylation is 1. The van der Waals surface area contributed by atoms with Crippen LogP contribution in [0.15, 0.2) is 28.8 Å². The number of methoxy groups -OCH3 is 1. The maximum atomic E-state index is 12.2. The van der Waals surface area contributed by atoms with Gasteiger partial charge in [-0.1, -0.05) is 35.0 Å². The van der Waals surface area contributed by atoms with Gasteiger partial charge in [0.25, 0.3) is 0 Å². The molecule has 6 heteroatoms. The Hall–Kier alpha value is -2.14. The molecule has 1 heterocycles. The number of Topliss-reactive ketones (excluding diaryl/α,β-unsaturated/α-hetero) is 1. The number of hydrogen-bond donors (Lipinski definition) is 0. The van der Waals surface area contributed by atoms with Gasteiger partial charge in [0.15, 0.2) is 5.78 Å². The van der Waals surface area contributed by atoms with E-state index < -0.39 is 11.8 Å². The number of hydrogen-bond acceptors (Lipinski definition) is 5. The molecule has 2 aromatic rings. The van der Waals surface area contributed by atoms with Crippen LogP contribution in [0.1, 0.15) is 22.5 Å². The largest absolute Gasteiger partial charge is 0.469 e. The van der Waals surface area contributed by atoms with E-state index >= 15 is 0 Å². The quantitative estimate of drug-likeness (QED) is 0.492. The summed E-state index contributed by atoms with van der Waals surface area (Å²) in [5, 5.41) is 4.32. The first-order valence-corrected chi connectivity index (χ1v) is 6.23. The van der Waals surface area contributed by atoms with Crippen LogP contribution in [0.25, 0.3) is 11.3 Å². The Morgan fingerprint density at radius 1 is 1.35 bits per heavy atom. The van der Waals surface area contributed by atoms with Gasteiger partial charge < -0.3 is 9.26 Å². The number of nitrogens with zero attached hydrogens (tertiary/aromatic N) is 1. The van der Waals surface area contributed by atoms with E-state index in [1.54, 1.807) is 31.2 Å². The molecule has 0 saturated heterocycles. The van der Waals surface area contributed by atoms with Crippen LogP contribution in [-0.2, 0) is 9.53 Å². The molecule has 104 valence electrons. The lowest BCUT2D eigenvalue weighted by atomic mass is 10.0. The predicted octanol–water partition coefficient (Wildman–Crippen LogP) is 3.05. The van der Waals surface area contributed by atoms with Crippen molar-refractivity contribution in [1.29, 1.82) is 0 Å². The van der Waals surface area contributed by atoms with E-state index in [0.717, 1.165) is 0 Å². The van der Waals surface area contributed by atoms with Gasteiger partial charge in [-0.2, -0.15) is 0 Å². The molecule has 0 aliphatic rings. The fraction of sp³-hybridized carbons (Fsp3) is 0.214. The lowest BCUT2D eigenvalue weighted by molar-refractivity contribution is -0.139. The van der Waals surface area contributed by atoms with Crippen molar-refractivity contribution >= 4 is 23.4 Å². The molecule has 20 heavy (non-hydrogen) atoms. The summed E-state index contributed by atoms with van der Waals surface area (Å²) in [6.45, 7) is 1.61. The summed E-state index contributed by atoms with van der Waals surface area (Å²) in [6.07, 6.45) is -0.365. The number of halogens is 1. The average molecular weight is 294 g/mol. The third-order valence-corrected chi connectivity index (χ3v) is 3.13. The Labute approximate surface area is 120 Å². The average Bonchev–Trinajstić information content (AvgIpc) is 2.81. The second kappa shape index (κ2) is 5.88. The van der Waals surface area contributed by atoms with Gasteiger partial charge in [-0.15, -0.1) is 0 Å². The highest BCUT2D eigenvalue weighted by Crippen LogP contribution is 2.31. The van der Waals surface area contributed by atoms with Gasteiger partial charge in [-0.25, -0.2) is 0 Å². The van der Waals surface area contributed by atoms with Crippen molar-refractivity contribution in [3.05, 3.63) is 40.6 Å². The molecule has 2 rings (SSSR count). The molecular formula is C14H12ClNO4. The summed E-state index contributed by atoms with van der Waals surface area (Å²) in [7, 11) is 1.23. The maximum Gasteiger partial charge on any atom is 0.313 e. The third kappa shape index (κ3) is 2.72. The van der Waals surface area contributed by atoms with Crippen LogP contribution in [0, 0.1) is 6.92 Å². The first-order valence-electron chi connectivity index (χ1n) is 5.85. The summed E-state index contributed by atoms with van der Waals surface area (Å²) in [4.78, 5) is 23.4. The van der Waals surface area contributed by atoms with Crippen LogP contribution in [0.4, 0.5) is 0 Å². The molecule has 0 radical (unpaired) electrons. The van der Waals surface area contributed by atoms with E-state index in [1.807, 2.05) is 0 Å². The van der Waals surface area contributed by atoms with Gasteiger partial charge in [0.05, 0.1) is 17.7 Å². The van der Waals surface area contributed by atoms with Crippen LogP contribution >= 0.6 is 11.6 Å². The van der Waals surface area contributed by atoms with Gasteiger partial charge in [0, 0.05) is 5.56 Å². The Balaban J connectivity index is 2.45. The fourth-order valence-corrected chi connectivity index (χ4v) is 2.05. The van der Waals surface area contributed by atoms with Crippen molar-refractivity contribution in [1.82, 2.24) is 5.16 Å². The molecule has 0 unspecified atom stereocenters. The van der Waals surface area contributed by atoms with Gasteiger partial charge in [-0.05, 0) is 13.0 Å². The molecule has 1 aromatic carbocycles. The van der Waals surface area contributed by atoms with Gasteiger partial charge in [0.2, 0.25) is 0 Å². The fourth-order valence-electron chi connectivity index (χ4n) is 1.83. The summed E-state index contributed by atoms with van der Waals surface area (Å²) < 4.78 is 9.55. The summed E-state index contributed by atoms with van der Waals surface area (Å²) in [5.41, 5.74) is 1.17. The van der Waals surface area contributed by atoms with Gasteiger partial charge in [0.1, 0.15) is 17.9 Å². The molecule has 0 fully saturated rings. The van der Waals surface area contributed by atoms with E-state index in [1.165, 1.54) is 7.11 Å². The summed E-state index contributed by atoms with van der Waals surface area (Å²) in [5.74, 6) is -0.681. The Morgan fingerprint density at radius 2 is 2.05 bits per heavy atom. The van der Waals surface area contributed by atoms with Gasteiger partial charge >= 0.3 is 5.97 Å². The van der Waals surface area contributed by atoms with E-state index in [2.05, 4.69) is 9.89 Å². The first-order chi connectivity index (χ1) is 9.54. The number of ketones is 1. The number of aromatic nitrogens is 1. The number of carbonyl (C=O) groups excluding carboxylic acids is 2. The topological polar surface area (TPSA) is 69.4 Å². The zero-order chi connectivity index (χ0) is 14.7. The third-order valence-electron chi connectivity index (χ3n) is 2.80. The standard InChI is InChI=1S/C14H12ClNO4/c1-8-13(11(17)7-12(18)19-2)14(16-20-8)9-5-3-4-6-10(9)15/h3-6H,7H2,1-2H3. The van der Waals surface area contributed by atoms with Crippen LogP contribution in [0.3, 0.4) is 0 Å². The van der Waals surface area contributed by atoms with Crippen molar-refractivity contribution in [2.75, 3.05) is 7.11 Å². The molecule has 0 spiro atoms. The number of rotatable bonds is 4. The zero-order valence-corrected chi connectivity index (χ0v) is 11.7. The van der Waals surface area contributed by atoms with Crippen molar-refractivity contribution in [3.63, 3.8) is 0 Å². The SMILES string of the molecule is COC(=O)CC(=O)c1c(-c2ccccc2Cl)noc1C. The molecule has 0 aliphatic carbocycles. The number of ether oxygens (including phenoxy) is 1. The number of carbonyl (C=O) groups is 2. The minimum Gasteiger partial charge on any atom is -0.469 e. The lowest BCUT2D eigenvalue weighted by Gasteiger charge is -2.03. The zero-order valence-electron chi connectivity index (χ0n) is 11.0. The molecule has 0 saturated carbocycles. The second-order valence-corrected chi connectivity index (χ2v) is 4.53. The Kier molecular flexibility index (Phi) is 4.20. The highest BCUT2D eigenvalue weighted by molar-refractivity contribution is 6.33. The van der Waals surface area contributed by atoms with Crippen molar-refractivity contribution in [3.8, 4) is 11.3 Å². The molecule has 0 amide bonds. The molecule has 0 N–H and O–H groups in total. The van der Waals surface area contributed by atoms with Crippen LogP contribution in [0.5, 0.6) is 0 Å². The lowest BCUT2D eigenvalue weighted by Crippen LogP contribution is -2.10. The Bertz CT molecular complexity index is 663. The van der Waals surface area contributed by atoms with Crippen molar-refractivity contribution in [2.45, 2.75) is 13.3 Å².